The normalized spacial score (nSPS) is 9.56. The van der Waals surface area contributed by atoms with Gasteiger partial charge in [-0.2, -0.15) is 0 Å². The van der Waals surface area contributed by atoms with Gasteiger partial charge in [0.1, 0.15) is 0 Å². The third-order valence-electron chi connectivity index (χ3n) is 2.64. The number of hydrogen-bond donors (Lipinski definition) is 1. The minimum absolute atomic E-state index is 0.0665. The van der Waals surface area contributed by atoms with Crippen LogP contribution in [0.15, 0.2) is 24.3 Å². The van der Waals surface area contributed by atoms with Gasteiger partial charge in [-0.25, -0.2) is 4.79 Å². The first-order chi connectivity index (χ1) is 8.56. The van der Waals surface area contributed by atoms with Crippen LogP contribution in [0.2, 0.25) is 0 Å². The van der Waals surface area contributed by atoms with E-state index in [4.69, 9.17) is 11.5 Å². The van der Waals surface area contributed by atoms with Gasteiger partial charge in [-0.1, -0.05) is 24.1 Å². The van der Waals surface area contributed by atoms with Crippen LogP contribution in [0, 0.1) is 12.3 Å². The Bertz CT molecular complexity index is 488. The molecule has 1 aromatic carbocycles. The monoisotopic (exact) mass is 245 g/mol. The van der Waals surface area contributed by atoms with Gasteiger partial charge in [-0.3, -0.25) is 4.79 Å². The molecule has 0 unspecified atom stereocenters. The maximum Gasteiger partial charge on any atom is 0.335 e. The molecule has 0 atom stereocenters. The third-order valence-corrected chi connectivity index (χ3v) is 2.64. The molecular formula is C14H15NO3. The SMILES string of the molecule is C#CCC(=O)N(C)CCc1ccccc1C(=O)O. The Balaban J connectivity index is 2.67. The van der Waals surface area contributed by atoms with Crippen LogP contribution in [0.1, 0.15) is 22.3 Å². The molecule has 1 aromatic rings. The van der Waals surface area contributed by atoms with E-state index in [2.05, 4.69) is 5.92 Å². The quantitative estimate of drug-likeness (QED) is 0.798. The fourth-order valence-corrected chi connectivity index (χ4v) is 1.58. The number of carboxylic acid groups (broad SMARTS) is 1. The van der Waals surface area contributed by atoms with Crippen molar-refractivity contribution in [3.63, 3.8) is 0 Å². The first-order valence-corrected chi connectivity index (χ1v) is 5.55. The number of hydrogen-bond acceptors (Lipinski definition) is 2. The molecule has 0 saturated carbocycles. The van der Waals surface area contributed by atoms with Gasteiger partial charge >= 0.3 is 5.97 Å². The van der Waals surface area contributed by atoms with Gasteiger partial charge in [0.25, 0.3) is 0 Å². The van der Waals surface area contributed by atoms with E-state index in [1.54, 1.807) is 31.3 Å². The molecule has 0 aliphatic carbocycles. The average Bonchev–Trinajstić information content (AvgIpc) is 2.36. The molecule has 0 aromatic heterocycles. The zero-order valence-corrected chi connectivity index (χ0v) is 10.2. The second-order valence-electron chi connectivity index (χ2n) is 3.91. The van der Waals surface area contributed by atoms with Crippen molar-refractivity contribution in [3.8, 4) is 12.3 Å². The summed E-state index contributed by atoms with van der Waals surface area (Å²) >= 11 is 0. The summed E-state index contributed by atoms with van der Waals surface area (Å²) in [6.45, 7) is 0.449. The van der Waals surface area contributed by atoms with E-state index >= 15 is 0 Å². The number of aromatic carboxylic acids is 1. The first-order valence-electron chi connectivity index (χ1n) is 5.55. The second-order valence-corrected chi connectivity index (χ2v) is 3.91. The van der Waals surface area contributed by atoms with E-state index in [-0.39, 0.29) is 17.9 Å². The van der Waals surface area contributed by atoms with E-state index in [1.807, 2.05) is 0 Å². The number of nitrogens with zero attached hydrogens (tertiary/aromatic N) is 1. The zero-order valence-electron chi connectivity index (χ0n) is 10.2. The van der Waals surface area contributed by atoms with Gasteiger partial charge < -0.3 is 10.0 Å². The topological polar surface area (TPSA) is 57.6 Å². The highest BCUT2D eigenvalue weighted by molar-refractivity contribution is 5.89. The van der Waals surface area contributed by atoms with Crippen molar-refractivity contribution in [2.75, 3.05) is 13.6 Å². The fraction of sp³-hybridized carbons (Fsp3) is 0.286. The standard InChI is InChI=1S/C14H15NO3/c1-3-6-13(16)15(2)10-9-11-7-4-5-8-12(11)14(17)18/h1,4-5,7-8H,6,9-10H2,2H3,(H,17,18). The number of terminal acetylenes is 1. The van der Waals surface area contributed by atoms with Crippen LogP contribution < -0.4 is 0 Å². The Kier molecular flexibility index (Phi) is 4.94. The molecule has 94 valence electrons. The van der Waals surface area contributed by atoms with E-state index in [1.165, 1.54) is 4.90 Å². The number of rotatable bonds is 5. The van der Waals surface area contributed by atoms with E-state index in [0.717, 1.165) is 0 Å². The maximum atomic E-state index is 11.5. The summed E-state index contributed by atoms with van der Waals surface area (Å²) in [5, 5.41) is 9.02. The smallest absolute Gasteiger partial charge is 0.335 e. The van der Waals surface area contributed by atoms with Crippen molar-refractivity contribution >= 4 is 11.9 Å². The molecular weight excluding hydrogens is 230 g/mol. The van der Waals surface area contributed by atoms with Gasteiger partial charge in [0, 0.05) is 13.6 Å². The Morgan fingerprint density at radius 2 is 2.06 bits per heavy atom. The summed E-state index contributed by atoms with van der Waals surface area (Å²) in [6.07, 6.45) is 5.62. The molecule has 1 rings (SSSR count). The number of carbonyl (C=O) groups excluding carboxylic acids is 1. The summed E-state index contributed by atoms with van der Waals surface area (Å²) in [4.78, 5) is 24.0. The number of amides is 1. The van der Waals surface area contributed by atoms with Crippen molar-refractivity contribution in [3.05, 3.63) is 35.4 Å². The van der Waals surface area contributed by atoms with Crippen molar-refractivity contribution in [2.24, 2.45) is 0 Å². The van der Waals surface area contributed by atoms with Gasteiger partial charge in [0.2, 0.25) is 5.91 Å². The van der Waals surface area contributed by atoms with Crippen LogP contribution in [-0.4, -0.2) is 35.5 Å². The van der Waals surface area contributed by atoms with E-state index in [0.29, 0.717) is 18.5 Å². The Labute approximate surface area is 106 Å². The lowest BCUT2D eigenvalue weighted by atomic mass is 10.0. The first kappa shape index (κ1) is 13.8. The number of benzene rings is 1. The predicted octanol–water partition coefficient (Wildman–Crippen LogP) is 1.41. The van der Waals surface area contributed by atoms with Crippen molar-refractivity contribution < 1.29 is 14.7 Å². The molecule has 18 heavy (non-hydrogen) atoms. The number of carbonyl (C=O) groups is 2. The van der Waals surface area contributed by atoms with E-state index in [9.17, 15) is 9.59 Å². The number of carboxylic acids is 1. The highest BCUT2D eigenvalue weighted by Crippen LogP contribution is 2.10. The molecule has 0 saturated heterocycles. The van der Waals surface area contributed by atoms with Crippen LogP contribution in [0.5, 0.6) is 0 Å². The van der Waals surface area contributed by atoms with Gasteiger partial charge in [0.05, 0.1) is 12.0 Å². The van der Waals surface area contributed by atoms with Gasteiger partial charge in [-0.05, 0) is 18.1 Å². The molecule has 4 nitrogen and oxygen atoms in total. The summed E-state index contributed by atoms with van der Waals surface area (Å²) < 4.78 is 0. The lowest BCUT2D eigenvalue weighted by Crippen LogP contribution is -2.28. The minimum Gasteiger partial charge on any atom is -0.478 e. The molecule has 0 spiro atoms. The van der Waals surface area contributed by atoms with Gasteiger partial charge in [0.15, 0.2) is 0 Å². The minimum atomic E-state index is -0.955. The summed E-state index contributed by atoms with van der Waals surface area (Å²) in [7, 11) is 1.66. The summed E-state index contributed by atoms with van der Waals surface area (Å²) in [6, 6.07) is 6.77. The largest absolute Gasteiger partial charge is 0.478 e. The molecule has 0 aliphatic rings. The molecule has 4 heteroatoms. The molecule has 0 fully saturated rings. The fourth-order valence-electron chi connectivity index (χ4n) is 1.58. The molecule has 0 aliphatic heterocycles. The Morgan fingerprint density at radius 1 is 1.39 bits per heavy atom. The van der Waals surface area contributed by atoms with Gasteiger partial charge in [-0.15, -0.1) is 6.42 Å². The van der Waals surface area contributed by atoms with Crippen molar-refractivity contribution in [1.29, 1.82) is 0 Å². The third kappa shape index (κ3) is 3.63. The molecule has 0 radical (unpaired) electrons. The summed E-state index contributed by atoms with van der Waals surface area (Å²) in [5.41, 5.74) is 0.987. The van der Waals surface area contributed by atoms with Crippen LogP contribution in [-0.2, 0) is 11.2 Å². The zero-order chi connectivity index (χ0) is 13.5. The van der Waals surface area contributed by atoms with Crippen LogP contribution in [0.4, 0.5) is 0 Å². The second kappa shape index (κ2) is 6.45. The van der Waals surface area contributed by atoms with Crippen LogP contribution >= 0.6 is 0 Å². The van der Waals surface area contributed by atoms with Crippen LogP contribution in [0.25, 0.3) is 0 Å². The Morgan fingerprint density at radius 3 is 2.67 bits per heavy atom. The highest BCUT2D eigenvalue weighted by Gasteiger charge is 2.11. The lowest BCUT2D eigenvalue weighted by Gasteiger charge is -2.16. The molecule has 1 amide bonds. The molecule has 1 N–H and O–H groups in total. The molecule has 0 heterocycles. The van der Waals surface area contributed by atoms with Crippen molar-refractivity contribution in [2.45, 2.75) is 12.8 Å². The highest BCUT2D eigenvalue weighted by atomic mass is 16.4. The van der Waals surface area contributed by atoms with Crippen molar-refractivity contribution in [1.82, 2.24) is 4.90 Å². The maximum absolute atomic E-state index is 11.5. The summed E-state index contributed by atoms with van der Waals surface area (Å²) in [5.74, 6) is 1.20. The average molecular weight is 245 g/mol. The van der Waals surface area contributed by atoms with Crippen LogP contribution in [0.3, 0.4) is 0 Å². The Hall–Kier alpha value is -2.28. The number of likely N-dealkylation sites (N-methyl/N-ethyl adjacent to an activating group) is 1. The molecule has 0 bridgehead atoms. The lowest BCUT2D eigenvalue weighted by molar-refractivity contribution is -0.128. The van der Waals surface area contributed by atoms with E-state index < -0.39 is 5.97 Å². The predicted molar refractivity (Wildman–Crippen MR) is 68.2 cm³/mol.